The second-order valence-corrected chi connectivity index (χ2v) is 2.51. The van der Waals surface area contributed by atoms with Gasteiger partial charge in [0.15, 0.2) is 0 Å². The largest absolute Gasteiger partial charge is 0.385 e. The third-order valence-corrected chi connectivity index (χ3v) is 1.51. The lowest BCUT2D eigenvalue weighted by Crippen LogP contribution is -2.08. The number of aliphatic hydroxyl groups is 1. The molecule has 1 atom stereocenters. The molecule has 0 fully saturated rings. The molecule has 2 heteroatoms. The third-order valence-electron chi connectivity index (χ3n) is 1.51. The van der Waals surface area contributed by atoms with Crippen molar-refractivity contribution in [3.05, 3.63) is 36.0 Å². The summed E-state index contributed by atoms with van der Waals surface area (Å²) in [4.78, 5) is 0. The summed E-state index contributed by atoms with van der Waals surface area (Å²) in [6.45, 7) is 0.841. The van der Waals surface area contributed by atoms with Gasteiger partial charge in [-0.2, -0.15) is 0 Å². The van der Waals surface area contributed by atoms with E-state index in [1.807, 2.05) is 25.3 Å². The zero-order chi connectivity index (χ0) is 8.10. The Hall–Kier alpha value is -0.860. The first kappa shape index (κ1) is 8.24. The number of hydrogen-bond donors (Lipinski definition) is 2. The van der Waals surface area contributed by atoms with Gasteiger partial charge in [0.1, 0.15) is 0 Å². The van der Waals surface area contributed by atoms with Crippen molar-refractivity contribution in [2.75, 3.05) is 13.6 Å². The molecule has 0 aromatic heterocycles. The monoisotopic (exact) mass is 151 g/mol. The summed E-state index contributed by atoms with van der Waals surface area (Å²) in [7, 11) is 1.90. The van der Waals surface area contributed by atoms with Crippen LogP contribution in [0.5, 0.6) is 0 Å². The van der Waals surface area contributed by atoms with Crippen LogP contribution in [-0.2, 0) is 0 Å². The fourth-order valence-electron chi connectivity index (χ4n) is 0.957. The Kier molecular flexibility index (Phi) is 3.08. The Morgan fingerprint density at radius 2 is 2.36 bits per heavy atom. The Labute approximate surface area is 66.9 Å². The highest BCUT2D eigenvalue weighted by Crippen LogP contribution is 2.03. The van der Waals surface area contributed by atoms with E-state index < -0.39 is 6.10 Å². The maximum Gasteiger partial charge on any atom is 0.0908 e. The Morgan fingerprint density at radius 1 is 1.55 bits per heavy atom. The molecular formula is C9H13NO. The molecule has 0 aliphatic heterocycles. The first-order valence-corrected chi connectivity index (χ1v) is 3.71. The summed E-state index contributed by atoms with van der Waals surface area (Å²) in [5.41, 5.74) is 1.18. The van der Waals surface area contributed by atoms with Gasteiger partial charge in [-0.25, -0.2) is 0 Å². The fraction of sp³-hybridized carbons (Fsp3) is 0.333. The summed E-state index contributed by atoms with van der Waals surface area (Å²) in [6, 6.07) is 0. The number of allylic oxidation sites excluding steroid dienone is 2. The Balaban J connectivity index is 2.61. The molecule has 1 aliphatic rings. The van der Waals surface area contributed by atoms with Crippen LogP contribution in [0.3, 0.4) is 0 Å². The summed E-state index contributed by atoms with van der Waals surface area (Å²) < 4.78 is 0. The van der Waals surface area contributed by atoms with Crippen LogP contribution in [0.25, 0.3) is 0 Å². The van der Waals surface area contributed by atoms with Gasteiger partial charge < -0.3 is 10.4 Å². The van der Waals surface area contributed by atoms with Gasteiger partial charge in [0.25, 0.3) is 0 Å². The highest BCUT2D eigenvalue weighted by Gasteiger charge is 1.96. The van der Waals surface area contributed by atoms with E-state index >= 15 is 0 Å². The molecule has 0 spiro atoms. The molecule has 0 saturated carbocycles. The van der Waals surface area contributed by atoms with E-state index in [0.717, 1.165) is 6.54 Å². The van der Waals surface area contributed by atoms with Crippen molar-refractivity contribution in [3.8, 4) is 0 Å². The first-order valence-electron chi connectivity index (χ1n) is 3.71. The molecule has 0 radical (unpaired) electrons. The van der Waals surface area contributed by atoms with Crippen LogP contribution in [0, 0.1) is 0 Å². The van der Waals surface area contributed by atoms with E-state index in [1.165, 1.54) is 5.57 Å². The van der Waals surface area contributed by atoms with E-state index in [9.17, 15) is 0 Å². The maximum atomic E-state index is 9.15. The second kappa shape index (κ2) is 4.11. The molecule has 2 N–H and O–H groups in total. The zero-order valence-corrected chi connectivity index (χ0v) is 6.62. The predicted octanol–water partition coefficient (Wildman–Crippen LogP) is 0.619. The Bertz CT molecular complexity index is 204. The number of aliphatic hydroxyl groups excluding tert-OH is 1. The van der Waals surface area contributed by atoms with Gasteiger partial charge in [-0.3, -0.25) is 0 Å². The van der Waals surface area contributed by atoms with Gasteiger partial charge in [0.2, 0.25) is 0 Å². The Morgan fingerprint density at radius 3 is 3.09 bits per heavy atom. The van der Waals surface area contributed by atoms with Crippen molar-refractivity contribution in [2.24, 2.45) is 0 Å². The first-order chi connectivity index (χ1) is 5.33. The lowest BCUT2D eigenvalue weighted by molar-refractivity contribution is 0.272. The van der Waals surface area contributed by atoms with Crippen LogP contribution in [0.2, 0.25) is 0 Å². The fourth-order valence-corrected chi connectivity index (χ4v) is 0.957. The van der Waals surface area contributed by atoms with Crippen LogP contribution < -0.4 is 5.32 Å². The molecule has 0 bridgehead atoms. The molecule has 0 heterocycles. The minimum atomic E-state index is -0.430. The van der Waals surface area contributed by atoms with E-state index in [-0.39, 0.29) is 0 Å². The van der Waals surface area contributed by atoms with E-state index in [4.69, 9.17) is 5.11 Å². The van der Waals surface area contributed by atoms with E-state index in [2.05, 4.69) is 5.32 Å². The molecule has 1 unspecified atom stereocenters. The second-order valence-electron chi connectivity index (χ2n) is 2.51. The molecule has 0 amide bonds. The number of nitrogens with one attached hydrogen (secondary N) is 1. The lowest BCUT2D eigenvalue weighted by Gasteiger charge is -1.97. The van der Waals surface area contributed by atoms with Gasteiger partial charge in [0.05, 0.1) is 6.10 Å². The number of likely N-dealkylation sites (N-methyl/N-ethyl adjacent to an activating group) is 1. The van der Waals surface area contributed by atoms with Gasteiger partial charge in [0, 0.05) is 6.54 Å². The summed E-state index contributed by atoms with van der Waals surface area (Å²) >= 11 is 0. The topological polar surface area (TPSA) is 32.3 Å². The summed E-state index contributed by atoms with van der Waals surface area (Å²) in [5, 5.41) is 12.2. The molecule has 60 valence electrons. The van der Waals surface area contributed by atoms with Crippen LogP contribution in [0.1, 0.15) is 0 Å². The maximum absolute atomic E-state index is 9.15. The van der Waals surface area contributed by atoms with Crippen LogP contribution in [0.4, 0.5) is 0 Å². The van der Waals surface area contributed by atoms with Crippen molar-refractivity contribution >= 4 is 0 Å². The SMILES string of the molecule is CNCC1=CC=CC(O)C=C1. The molecule has 0 aromatic rings. The van der Waals surface area contributed by atoms with Crippen molar-refractivity contribution in [3.63, 3.8) is 0 Å². The number of hydrogen-bond acceptors (Lipinski definition) is 2. The van der Waals surface area contributed by atoms with Crippen LogP contribution in [-0.4, -0.2) is 24.8 Å². The zero-order valence-electron chi connectivity index (χ0n) is 6.62. The minimum absolute atomic E-state index is 0.430. The standard InChI is InChI=1S/C9H13NO/c1-10-7-8-3-2-4-9(11)6-5-8/h2-6,9-11H,7H2,1H3. The van der Waals surface area contributed by atoms with Gasteiger partial charge in [-0.15, -0.1) is 0 Å². The van der Waals surface area contributed by atoms with Crippen molar-refractivity contribution in [1.82, 2.24) is 5.32 Å². The van der Waals surface area contributed by atoms with Gasteiger partial charge in [-0.1, -0.05) is 30.4 Å². The molecule has 0 saturated heterocycles. The molecule has 11 heavy (non-hydrogen) atoms. The third kappa shape index (κ3) is 2.70. The molecular weight excluding hydrogens is 138 g/mol. The smallest absolute Gasteiger partial charge is 0.0908 e. The highest BCUT2D eigenvalue weighted by atomic mass is 16.3. The predicted molar refractivity (Wildman–Crippen MR) is 46.3 cm³/mol. The summed E-state index contributed by atoms with van der Waals surface area (Å²) in [5.74, 6) is 0. The minimum Gasteiger partial charge on any atom is -0.385 e. The number of rotatable bonds is 2. The lowest BCUT2D eigenvalue weighted by atomic mass is 10.2. The van der Waals surface area contributed by atoms with Gasteiger partial charge >= 0.3 is 0 Å². The van der Waals surface area contributed by atoms with Crippen LogP contribution in [0.15, 0.2) is 36.0 Å². The normalized spacial score (nSPS) is 23.1. The molecule has 2 nitrogen and oxygen atoms in total. The molecule has 1 rings (SSSR count). The van der Waals surface area contributed by atoms with Crippen molar-refractivity contribution < 1.29 is 5.11 Å². The average molecular weight is 151 g/mol. The average Bonchev–Trinajstić information content (AvgIpc) is 2.17. The van der Waals surface area contributed by atoms with Gasteiger partial charge in [-0.05, 0) is 12.6 Å². The van der Waals surface area contributed by atoms with Crippen molar-refractivity contribution in [2.45, 2.75) is 6.10 Å². The van der Waals surface area contributed by atoms with Crippen LogP contribution >= 0.6 is 0 Å². The van der Waals surface area contributed by atoms with E-state index in [1.54, 1.807) is 12.2 Å². The quantitative estimate of drug-likeness (QED) is 0.606. The van der Waals surface area contributed by atoms with E-state index in [0.29, 0.717) is 0 Å². The summed E-state index contributed by atoms with van der Waals surface area (Å²) in [6.07, 6.45) is 8.88. The highest BCUT2D eigenvalue weighted by molar-refractivity contribution is 5.30. The molecule has 0 aromatic carbocycles. The van der Waals surface area contributed by atoms with Crippen molar-refractivity contribution in [1.29, 1.82) is 0 Å². The molecule has 1 aliphatic carbocycles.